The summed E-state index contributed by atoms with van der Waals surface area (Å²) in [5.74, 6) is 0.253. The summed E-state index contributed by atoms with van der Waals surface area (Å²) in [6, 6.07) is 5.63. The summed E-state index contributed by atoms with van der Waals surface area (Å²) in [4.78, 5) is 28.4. The highest BCUT2D eigenvalue weighted by molar-refractivity contribution is 6.30. The van der Waals surface area contributed by atoms with E-state index in [0.717, 1.165) is 63.0 Å². The van der Waals surface area contributed by atoms with E-state index in [0.29, 0.717) is 11.4 Å². The van der Waals surface area contributed by atoms with Gasteiger partial charge in [-0.3, -0.25) is 4.79 Å². The van der Waals surface area contributed by atoms with E-state index in [2.05, 4.69) is 5.32 Å². The summed E-state index contributed by atoms with van der Waals surface area (Å²) in [5, 5.41) is 3.69. The number of likely N-dealkylation sites (tertiary alicyclic amines) is 2. The number of aryl methyl sites for hydroxylation is 1. The molecule has 2 heterocycles. The molecule has 5 nitrogen and oxygen atoms in total. The number of piperidine rings is 1. The van der Waals surface area contributed by atoms with Crippen molar-refractivity contribution in [3.63, 3.8) is 0 Å². The summed E-state index contributed by atoms with van der Waals surface area (Å²) >= 11 is 5.99. The molecule has 2 aliphatic heterocycles. The Hall–Kier alpha value is -1.75. The van der Waals surface area contributed by atoms with E-state index < -0.39 is 0 Å². The van der Waals surface area contributed by atoms with Gasteiger partial charge in [-0.2, -0.15) is 0 Å². The molecule has 136 valence electrons. The Morgan fingerprint density at radius 2 is 2.12 bits per heavy atom. The van der Waals surface area contributed by atoms with Crippen molar-refractivity contribution in [2.75, 3.05) is 25.0 Å². The lowest BCUT2D eigenvalue weighted by molar-refractivity contribution is -0.127. The number of rotatable bonds is 4. The fourth-order valence-corrected chi connectivity index (χ4v) is 3.99. The van der Waals surface area contributed by atoms with E-state index in [1.165, 1.54) is 0 Å². The van der Waals surface area contributed by atoms with E-state index in [9.17, 15) is 9.59 Å². The quantitative estimate of drug-likeness (QED) is 0.877. The van der Waals surface area contributed by atoms with Crippen molar-refractivity contribution in [3.8, 4) is 0 Å². The van der Waals surface area contributed by atoms with E-state index >= 15 is 0 Å². The molecule has 2 aliphatic rings. The molecule has 0 spiro atoms. The van der Waals surface area contributed by atoms with Crippen LogP contribution in [0.2, 0.25) is 5.02 Å². The molecule has 3 rings (SSSR count). The van der Waals surface area contributed by atoms with Gasteiger partial charge in [0.25, 0.3) is 0 Å². The van der Waals surface area contributed by atoms with Crippen LogP contribution in [0.15, 0.2) is 18.2 Å². The van der Waals surface area contributed by atoms with Crippen molar-refractivity contribution < 1.29 is 9.59 Å². The van der Waals surface area contributed by atoms with Crippen LogP contribution in [0.3, 0.4) is 0 Å². The molecule has 1 unspecified atom stereocenters. The molecule has 2 fully saturated rings. The first kappa shape index (κ1) is 18.1. The average Bonchev–Trinajstić information content (AvgIpc) is 3.01. The standard InChI is InChI=1S/C19H26ClN3O2/c1-14-13-15(20)7-8-17(14)21-19(25)23-11-3-2-5-16(23)9-12-22-10-4-6-18(22)24/h7-8,13,16H,2-6,9-12H2,1H3,(H,21,25). The average molecular weight is 364 g/mol. The lowest BCUT2D eigenvalue weighted by Gasteiger charge is -2.36. The Morgan fingerprint density at radius 1 is 1.28 bits per heavy atom. The first-order valence-electron chi connectivity index (χ1n) is 9.16. The Morgan fingerprint density at radius 3 is 2.84 bits per heavy atom. The number of amides is 3. The molecule has 0 aliphatic carbocycles. The lowest BCUT2D eigenvalue weighted by Crippen LogP contribution is -2.47. The molecular formula is C19H26ClN3O2. The van der Waals surface area contributed by atoms with Crippen molar-refractivity contribution in [3.05, 3.63) is 28.8 Å². The third kappa shape index (κ3) is 4.46. The second-order valence-corrected chi connectivity index (χ2v) is 7.44. The van der Waals surface area contributed by atoms with Crippen molar-refractivity contribution in [2.45, 2.75) is 51.5 Å². The minimum Gasteiger partial charge on any atom is -0.343 e. The first-order valence-corrected chi connectivity index (χ1v) is 9.54. The maximum Gasteiger partial charge on any atom is 0.322 e. The van der Waals surface area contributed by atoms with E-state index in [1.54, 1.807) is 6.07 Å². The van der Waals surface area contributed by atoms with Crippen LogP contribution in [0.4, 0.5) is 10.5 Å². The summed E-state index contributed by atoms with van der Waals surface area (Å²) in [7, 11) is 0. The van der Waals surface area contributed by atoms with Crippen LogP contribution < -0.4 is 5.32 Å². The molecule has 0 aromatic heterocycles. The fourth-order valence-electron chi connectivity index (χ4n) is 3.77. The summed E-state index contributed by atoms with van der Waals surface area (Å²) in [5.41, 5.74) is 1.76. The number of nitrogens with zero attached hydrogens (tertiary/aromatic N) is 2. The van der Waals surface area contributed by atoms with Gasteiger partial charge < -0.3 is 15.1 Å². The third-order valence-corrected chi connectivity index (χ3v) is 5.46. The van der Waals surface area contributed by atoms with Crippen LogP contribution in [0, 0.1) is 6.92 Å². The highest BCUT2D eigenvalue weighted by Gasteiger charge is 2.28. The molecule has 0 radical (unpaired) electrons. The highest BCUT2D eigenvalue weighted by Crippen LogP contribution is 2.24. The molecule has 3 amide bonds. The van der Waals surface area contributed by atoms with Crippen LogP contribution >= 0.6 is 11.6 Å². The predicted octanol–water partition coefficient (Wildman–Crippen LogP) is 4.05. The van der Waals surface area contributed by atoms with Crippen molar-refractivity contribution in [2.24, 2.45) is 0 Å². The highest BCUT2D eigenvalue weighted by atomic mass is 35.5. The van der Waals surface area contributed by atoms with E-state index in [-0.39, 0.29) is 18.0 Å². The second-order valence-electron chi connectivity index (χ2n) is 7.01. The molecule has 25 heavy (non-hydrogen) atoms. The van der Waals surface area contributed by atoms with Crippen LogP contribution in [0.5, 0.6) is 0 Å². The van der Waals surface area contributed by atoms with E-state index in [4.69, 9.17) is 11.6 Å². The van der Waals surface area contributed by atoms with Crippen molar-refractivity contribution in [1.29, 1.82) is 0 Å². The molecular weight excluding hydrogens is 338 g/mol. The largest absolute Gasteiger partial charge is 0.343 e. The number of carbonyl (C=O) groups is 2. The van der Waals surface area contributed by atoms with Gasteiger partial charge in [-0.15, -0.1) is 0 Å². The van der Waals surface area contributed by atoms with Gasteiger partial charge in [-0.05, 0) is 62.8 Å². The van der Waals surface area contributed by atoms with Crippen LogP contribution in [-0.4, -0.2) is 47.4 Å². The number of urea groups is 1. The van der Waals surface area contributed by atoms with Gasteiger partial charge in [-0.1, -0.05) is 11.6 Å². The number of anilines is 1. The molecule has 1 aromatic carbocycles. The molecule has 1 atom stereocenters. The van der Waals surface area contributed by atoms with Gasteiger partial charge in [0.2, 0.25) is 5.91 Å². The minimum atomic E-state index is -0.0529. The number of hydrogen-bond acceptors (Lipinski definition) is 2. The number of nitrogens with one attached hydrogen (secondary N) is 1. The first-order chi connectivity index (χ1) is 12.0. The van der Waals surface area contributed by atoms with Gasteiger partial charge >= 0.3 is 6.03 Å². The third-order valence-electron chi connectivity index (χ3n) is 5.22. The van der Waals surface area contributed by atoms with E-state index in [1.807, 2.05) is 28.9 Å². The number of hydrogen-bond donors (Lipinski definition) is 1. The SMILES string of the molecule is Cc1cc(Cl)ccc1NC(=O)N1CCCCC1CCN1CCCC1=O. The molecule has 1 aromatic rings. The number of halogens is 1. The fraction of sp³-hybridized carbons (Fsp3) is 0.579. The molecule has 0 bridgehead atoms. The zero-order valence-electron chi connectivity index (χ0n) is 14.8. The maximum absolute atomic E-state index is 12.8. The topological polar surface area (TPSA) is 52.7 Å². The molecule has 0 saturated carbocycles. The van der Waals surface area contributed by atoms with Gasteiger partial charge in [-0.25, -0.2) is 4.79 Å². The van der Waals surface area contributed by atoms with Gasteiger partial charge in [0.05, 0.1) is 0 Å². The van der Waals surface area contributed by atoms with Crippen molar-refractivity contribution >= 4 is 29.2 Å². The van der Waals surface area contributed by atoms with Gasteiger partial charge in [0.1, 0.15) is 0 Å². The molecule has 2 saturated heterocycles. The second kappa shape index (κ2) is 8.09. The Labute approximate surface area is 154 Å². The Kier molecular flexibility index (Phi) is 5.84. The number of benzene rings is 1. The smallest absolute Gasteiger partial charge is 0.322 e. The number of carbonyl (C=O) groups excluding carboxylic acids is 2. The van der Waals surface area contributed by atoms with Crippen LogP contribution in [0.25, 0.3) is 0 Å². The summed E-state index contributed by atoms with van der Waals surface area (Å²) in [6.07, 6.45) is 5.68. The molecule has 1 N–H and O–H groups in total. The molecule has 6 heteroatoms. The zero-order valence-corrected chi connectivity index (χ0v) is 15.5. The predicted molar refractivity (Wildman–Crippen MR) is 100.0 cm³/mol. The van der Waals surface area contributed by atoms with Gasteiger partial charge in [0.15, 0.2) is 0 Å². The van der Waals surface area contributed by atoms with Crippen LogP contribution in [0.1, 0.15) is 44.1 Å². The monoisotopic (exact) mass is 363 g/mol. The zero-order chi connectivity index (χ0) is 17.8. The maximum atomic E-state index is 12.8. The van der Waals surface area contributed by atoms with Crippen molar-refractivity contribution in [1.82, 2.24) is 9.80 Å². The Balaban J connectivity index is 1.61. The van der Waals surface area contributed by atoms with Crippen LogP contribution in [-0.2, 0) is 4.79 Å². The summed E-state index contributed by atoms with van der Waals surface area (Å²) < 4.78 is 0. The lowest BCUT2D eigenvalue weighted by atomic mass is 9.99. The summed E-state index contributed by atoms with van der Waals surface area (Å²) in [6.45, 7) is 4.33. The van der Waals surface area contributed by atoms with Gasteiger partial charge in [0, 0.05) is 42.8 Å². The minimum absolute atomic E-state index is 0.0529. The Bertz CT molecular complexity index is 650. The normalized spacial score (nSPS) is 20.9.